The number of H-pyrrole nitrogens is 1. The lowest BCUT2D eigenvalue weighted by Crippen LogP contribution is -2.81. The molecule has 1 aromatic heterocycles. The minimum atomic E-state index is -2.51. The Hall–Kier alpha value is -4.98. The van der Waals surface area contributed by atoms with E-state index in [1.54, 1.807) is 13.2 Å². The minimum Gasteiger partial charge on any atom is -0.496 e. The van der Waals surface area contributed by atoms with E-state index >= 15 is 4.79 Å². The molecule has 1 aliphatic carbocycles. The van der Waals surface area contributed by atoms with Crippen LogP contribution in [-0.2, 0) is 50.6 Å². The van der Waals surface area contributed by atoms with Crippen molar-refractivity contribution >= 4 is 40.9 Å². The Labute approximate surface area is 344 Å². The van der Waals surface area contributed by atoms with E-state index in [0.717, 1.165) is 48.2 Å². The van der Waals surface area contributed by atoms with E-state index in [4.69, 9.17) is 18.9 Å². The second-order valence-electron chi connectivity index (χ2n) is 17.4. The number of amides is 1. The molecule has 5 aliphatic heterocycles. The van der Waals surface area contributed by atoms with E-state index in [2.05, 4.69) is 33.8 Å². The Morgan fingerprint density at radius 1 is 1.02 bits per heavy atom. The summed E-state index contributed by atoms with van der Waals surface area (Å²) >= 11 is 0. The van der Waals surface area contributed by atoms with Gasteiger partial charge in [-0.3, -0.25) is 24.2 Å². The van der Waals surface area contributed by atoms with Crippen LogP contribution >= 0.6 is 0 Å². The number of hydrogen-bond acceptors (Lipinski definition) is 11. The lowest BCUT2D eigenvalue weighted by Gasteiger charge is -2.63. The maximum absolute atomic E-state index is 15.3. The summed E-state index contributed by atoms with van der Waals surface area (Å²) in [5.74, 6) is -1.81. The van der Waals surface area contributed by atoms with Gasteiger partial charge in [0.05, 0.1) is 33.1 Å². The van der Waals surface area contributed by atoms with Gasteiger partial charge in [-0.1, -0.05) is 55.8 Å². The lowest BCUT2D eigenvalue weighted by atomic mass is 9.47. The number of nitrogens with one attached hydrogen (secondary N) is 1. The number of nitrogens with zero attached hydrogens (tertiary/aromatic N) is 3. The number of aliphatic hydroxyl groups is 1. The molecule has 2 bridgehead atoms. The zero-order valence-electron chi connectivity index (χ0n) is 34.7. The van der Waals surface area contributed by atoms with Gasteiger partial charge in [0.15, 0.2) is 6.10 Å². The zero-order chi connectivity index (χ0) is 41.6. The monoisotopic (exact) mass is 806 g/mol. The van der Waals surface area contributed by atoms with Crippen LogP contribution in [0.3, 0.4) is 0 Å². The molecule has 312 valence electrons. The molecule has 13 heteroatoms. The summed E-state index contributed by atoms with van der Waals surface area (Å²) in [6, 6.07) is 10.2. The normalized spacial score (nSPS) is 34.3. The fourth-order valence-corrected chi connectivity index (χ4v) is 12.9. The lowest BCUT2D eigenvalue weighted by molar-refractivity contribution is -0.228. The van der Waals surface area contributed by atoms with Crippen LogP contribution in [0.25, 0.3) is 10.9 Å². The first kappa shape index (κ1) is 39.5. The Bertz CT molecular complexity index is 2320. The zero-order valence-corrected chi connectivity index (χ0v) is 34.7. The molecule has 0 radical (unpaired) electrons. The van der Waals surface area contributed by atoms with E-state index in [-0.39, 0.29) is 5.92 Å². The summed E-state index contributed by atoms with van der Waals surface area (Å²) in [5.41, 5.74) is -0.420. The van der Waals surface area contributed by atoms with Crippen molar-refractivity contribution in [3.8, 4) is 5.75 Å². The van der Waals surface area contributed by atoms with Gasteiger partial charge in [-0.2, -0.15) is 0 Å². The van der Waals surface area contributed by atoms with Crippen molar-refractivity contribution in [2.24, 2.45) is 11.3 Å². The van der Waals surface area contributed by atoms with Gasteiger partial charge in [0.25, 0.3) is 0 Å². The van der Waals surface area contributed by atoms with Gasteiger partial charge in [-0.25, -0.2) is 4.79 Å². The van der Waals surface area contributed by atoms with Crippen LogP contribution < -0.4 is 9.64 Å². The first-order valence-electron chi connectivity index (χ1n) is 20.9. The van der Waals surface area contributed by atoms with Crippen molar-refractivity contribution in [3.63, 3.8) is 0 Å². The summed E-state index contributed by atoms with van der Waals surface area (Å²) in [7, 11) is 4.16. The maximum Gasteiger partial charge on any atom is 0.344 e. The van der Waals surface area contributed by atoms with Crippen molar-refractivity contribution in [3.05, 3.63) is 82.6 Å². The molecule has 1 saturated carbocycles. The number of methoxy groups -OCH3 is 3. The van der Waals surface area contributed by atoms with Crippen LogP contribution in [0.2, 0.25) is 0 Å². The van der Waals surface area contributed by atoms with Crippen LogP contribution in [0.4, 0.5) is 5.69 Å². The van der Waals surface area contributed by atoms with Crippen LogP contribution in [0.1, 0.15) is 68.8 Å². The highest BCUT2D eigenvalue weighted by Gasteiger charge is 2.81. The third-order valence-electron chi connectivity index (χ3n) is 15.0. The molecule has 2 aromatic carbocycles. The number of rotatable bonds is 8. The third kappa shape index (κ3) is 5.13. The van der Waals surface area contributed by atoms with Gasteiger partial charge in [0, 0.05) is 78.2 Å². The molecule has 13 nitrogen and oxygen atoms in total. The number of carbonyl (C=O) groups excluding carboxylic acids is 4. The molecule has 6 aliphatic rings. The fourth-order valence-electron chi connectivity index (χ4n) is 12.9. The third-order valence-corrected chi connectivity index (χ3v) is 15.0. The second kappa shape index (κ2) is 14.1. The molecule has 9 rings (SSSR count). The summed E-state index contributed by atoms with van der Waals surface area (Å²) in [6.45, 7) is 8.97. The van der Waals surface area contributed by atoms with Crippen molar-refractivity contribution in [2.45, 2.75) is 87.5 Å². The fraction of sp³-hybridized carbons (Fsp3) is 0.522. The van der Waals surface area contributed by atoms with Gasteiger partial charge < -0.3 is 33.9 Å². The van der Waals surface area contributed by atoms with Gasteiger partial charge in [0.1, 0.15) is 11.2 Å². The second-order valence-corrected chi connectivity index (χ2v) is 17.4. The molecule has 1 spiro atoms. The smallest absolute Gasteiger partial charge is 0.344 e. The van der Waals surface area contributed by atoms with Gasteiger partial charge in [0.2, 0.25) is 12.0 Å². The standard InChI is InChI=1S/C46H54N4O9/c1-7-28-20-29-23-45(41(53)57-5,37-31(14-18-48(24-28)25-29)30-12-9-10-13-34(30)47-37)33-21-32-35(22-36(33)56-4)50(26-51)39-44(32)16-19-49-17-11-15-43(8-2,38(44)49)40(59-27(3)52)46(39,55)42(54)58-6/h9-13,15,20-22,26,29,38-40,47,55H,7-8,14,16-19,23-25H2,1-6H3/t29-,38-,39?,40-,43-,44-,45-,46+/m1/s1. The first-order chi connectivity index (χ1) is 28.4. The molecule has 3 aromatic rings. The van der Waals surface area contributed by atoms with E-state index in [0.29, 0.717) is 67.7 Å². The number of ether oxygens (including phenoxy) is 4. The topological polar surface area (TPSA) is 151 Å². The number of hydrogen-bond donors (Lipinski definition) is 2. The Kier molecular flexibility index (Phi) is 9.41. The van der Waals surface area contributed by atoms with E-state index < -0.39 is 57.9 Å². The van der Waals surface area contributed by atoms with E-state index in [1.165, 1.54) is 31.6 Å². The van der Waals surface area contributed by atoms with Crippen molar-refractivity contribution in [1.29, 1.82) is 0 Å². The van der Waals surface area contributed by atoms with Gasteiger partial charge >= 0.3 is 17.9 Å². The molecule has 9 atom stereocenters. The number of aromatic nitrogens is 1. The molecule has 2 N–H and O–H groups in total. The van der Waals surface area contributed by atoms with E-state index in [1.807, 2.05) is 43.3 Å². The number of anilines is 1. The number of carbonyl (C=O) groups is 4. The van der Waals surface area contributed by atoms with Crippen LogP contribution in [-0.4, -0.2) is 122 Å². The number of fused-ring (bicyclic) bond motifs is 6. The van der Waals surface area contributed by atoms with Crippen molar-refractivity contribution in [1.82, 2.24) is 14.8 Å². The van der Waals surface area contributed by atoms with Crippen molar-refractivity contribution in [2.75, 3.05) is 59.0 Å². The number of para-hydroxylation sites is 1. The molecule has 1 saturated heterocycles. The maximum atomic E-state index is 15.3. The number of esters is 3. The first-order valence-corrected chi connectivity index (χ1v) is 20.9. The predicted molar refractivity (Wildman–Crippen MR) is 219 cm³/mol. The molecule has 59 heavy (non-hydrogen) atoms. The highest BCUT2D eigenvalue weighted by Crippen LogP contribution is 2.68. The summed E-state index contributed by atoms with van der Waals surface area (Å²) in [4.78, 5) is 66.3. The highest BCUT2D eigenvalue weighted by molar-refractivity contribution is 5.96. The summed E-state index contributed by atoms with van der Waals surface area (Å²) in [6.07, 6.45) is 8.34. The SMILES string of the molecule is CCC1=C[C@H]2CN(CCc3c([nH]c4ccccc34)[C@](C(=O)OC)(c3cc4c(cc3OC)N(C=O)C3[C@]45CCN4CC=C[C@](CC)([C@@H]45)[C@@H](OC(C)=O)[C@]3(O)C(=O)OC)C2)C1. The summed E-state index contributed by atoms with van der Waals surface area (Å²) in [5, 5.41) is 14.3. The van der Waals surface area contributed by atoms with Crippen molar-refractivity contribution < 1.29 is 43.2 Å². The van der Waals surface area contributed by atoms with Crippen LogP contribution in [0, 0.1) is 11.3 Å². The largest absolute Gasteiger partial charge is 0.496 e. The minimum absolute atomic E-state index is 0.0349. The number of benzene rings is 2. The molecular formula is C46H54N4O9. The average molecular weight is 807 g/mol. The highest BCUT2D eigenvalue weighted by atomic mass is 16.6. The van der Waals surface area contributed by atoms with Gasteiger partial charge in [-0.15, -0.1) is 0 Å². The van der Waals surface area contributed by atoms with Gasteiger partial charge in [-0.05, 0) is 67.8 Å². The van der Waals surface area contributed by atoms with Crippen LogP contribution in [0.5, 0.6) is 5.75 Å². The van der Waals surface area contributed by atoms with Crippen LogP contribution in [0.15, 0.2) is 60.2 Å². The quantitative estimate of drug-likeness (QED) is 0.145. The molecular weight excluding hydrogens is 753 g/mol. The Morgan fingerprint density at radius 2 is 1.80 bits per heavy atom. The number of aromatic amines is 1. The molecule has 2 unspecified atom stereocenters. The summed E-state index contributed by atoms with van der Waals surface area (Å²) < 4.78 is 23.7. The molecule has 6 heterocycles. The molecule has 1 amide bonds. The Morgan fingerprint density at radius 3 is 2.49 bits per heavy atom. The average Bonchev–Trinajstić information content (AvgIpc) is 3.92. The Balaban J connectivity index is 1.39. The predicted octanol–water partition coefficient (Wildman–Crippen LogP) is 4.32. The molecule has 2 fully saturated rings. The van der Waals surface area contributed by atoms with E-state index in [9.17, 15) is 19.5 Å².